The van der Waals surface area contributed by atoms with Crippen molar-refractivity contribution in [2.45, 2.75) is 6.61 Å². The molecule has 15 heavy (non-hydrogen) atoms. The normalized spacial score (nSPS) is 8.47. The standard InChI is InChI=1S/C11H7N2O2/c12-6-10(7-13)11(14)15-8-9-4-2-1-3-5-9/h1-5H,8H2/q-1. The number of hydrogen-bond acceptors (Lipinski definition) is 3. The number of benzene rings is 1. The summed E-state index contributed by atoms with van der Waals surface area (Å²) in [7, 11) is 0. The fourth-order valence-corrected chi connectivity index (χ4v) is 0.912. The van der Waals surface area contributed by atoms with Gasteiger partial charge in [0.05, 0.1) is 0 Å². The van der Waals surface area contributed by atoms with Gasteiger partial charge in [0.2, 0.25) is 0 Å². The van der Waals surface area contributed by atoms with E-state index >= 15 is 0 Å². The van der Waals surface area contributed by atoms with Gasteiger partial charge in [-0.3, -0.25) is 0 Å². The summed E-state index contributed by atoms with van der Waals surface area (Å²) in [6.07, 6.45) is 0. The van der Waals surface area contributed by atoms with Gasteiger partial charge in [0.15, 0.2) is 5.57 Å². The van der Waals surface area contributed by atoms with Gasteiger partial charge in [-0.2, -0.15) is 5.26 Å². The second-order valence-corrected chi connectivity index (χ2v) is 2.66. The van der Waals surface area contributed by atoms with E-state index in [0.29, 0.717) is 0 Å². The van der Waals surface area contributed by atoms with Gasteiger partial charge in [-0.1, -0.05) is 30.3 Å². The second-order valence-electron chi connectivity index (χ2n) is 2.66. The Kier molecular flexibility index (Phi) is 3.84. The van der Waals surface area contributed by atoms with Gasteiger partial charge in [0.25, 0.3) is 0 Å². The molecule has 0 aliphatic carbocycles. The van der Waals surface area contributed by atoms with Crippen molar-refractivity contribution in [1.29, 1.82) is 5.26 Å². The summed E-state index contributed by atoms with van der Waals surface area (Å²) < 4.78 is 4.75. The van der Waals surface area contributed by atoms with Gasteiger partial charge in [0.1, 0.15) is 12.7 Å². The van der Waals surface area contributed by atoms with Gasteiger partial charge in [-0.05, 0) is 5.56 Å². The maximum Gasteiger partial charge on any atom is 0.355 e. The summed E-state index contributed by atoms with van der Waals surface area (Å²) in [5.41, 5.74) is 0.270. The van der Waals surface area contributed by atoms with Crippen molar-refractivity contribution in [1.82, 2.24) is 0 Å². The molecule has 0 saturated carbocycles. The maximum absolute atomic E-state index is 11.1. The molecule has 1 aromatic carbocycles. The third kappa shape index (κ3) is 3.11. The molecule has 1 aromatic rings. The predicted octanol–water partition coefficient (Wildman–Crippen LogP) is 1.42. The van der Waals surface area contributed by atoms with Crippen molar-refractivity contribution < 1.29 is 9.53 Å². The van der Waals surface area contributed by atoms with Crippen LogP contribution in [-0.4, -0.2) is 11.8 Å². The minimum absolute atomic E-state index is 0.0620. The van der Waals surface area contributed by atoms with E-state index in [2.05, 4.69) is 0 Å². The summed E-state index contributed by atoms with van der Waals surface area (Å²) in [6, 6.07) is 10.5. The highest BCUT2D eigenvalue weighted by Crippen LogP contribution is 2.02. The van der Waals surface area contributed by atoms with Crippen molar-refractivity contribution >= 4 is 11.8 Å². The molecule has 0 radical (unpaired) electrons. The first-order chi connectivity index (χ1) is 7.27. The molecule has 0 atom stereocenters. The maximum atomic E-state index is 11.1. The molecule has 1 rings (SSSR count). The van der Waals surface area contributed by atoms with Crippen LogP contribution < -0.4 is 0 Å². The Morgan fingerprint density at radius 1 is 1.40 bits per heavy atom. The minimum Gasteiger partial charge on any atom is -0.762 e. The smallest absolute Gasteiger partial charge is 0.355 e. The van der Waals surface area contributed by atoms with E-state index in [1.807, 2.05) is 18.2 Å². The number of nitriles is 1. The van der Waals surface area contributed by atoms with Gasteiger partial charge in [-0.15, -0.1) is 0 Å². The largest absolute Gasteiger partial charge is 0.762 e. The number of esters is 1. The lowest BCUT2D eigenvalue weighted by Crippen LogP contribution is -2.06. The average Bonchev–Trinajstić information content (AvgIpc) is 2.29. The molecule has 4 nitrogen and oxygen atoms in total. The van der Waals surface area contributed by atoms with Crippen LogP contribution in [-0.2, 0) is 16.1 Å². The lowest BCUT2D eigenvalue weighted by Gasteiger charge is -2.02. The first kappa shape index (κ1) is 10.7. The van der Waals surface area contributed by atoms with Crippen molar-refractivity contribution in [3.63, 3.8) is 0 Å². The zero-order valence-corrected chi connectivity index (χ0v) is 7.80. The Labute approximate surface area is 86.9 Å². The topological polar surface area (TPSA) is 72.4 Å². The van der Waals surface area contributed by atoms with Crippen molar-refractivity contribution in [3.8, 4) is 6.07 Å². The van der Waals surface area contributed by atoms with E-state index in [1.165, 1.54) is 11.9 Å². The SMILES string of the molecule is N#CC(=C=[N-])C(=O)OCc1ccccc1. The third-order valence-electron chi connectivity index (χ3n) is 1.64. The van der Waals surface area contributed by atoms with E-state index < -0.39 is 11.5 Å². The number of ether oxygens (including phenoxy) is 1. The molecule has 0 aromatic heterocycles. The van der Waals surface area contributed by atoms with Crippen LogP contribution in [0.1, 0.15) is 5.56 Å². The van der Waals surface area contributed by atoms with Crippen LogP contribution in [0.2, 0.25) is 0 Å². The molecule has 0 aliphatic rings. The van der Waals surface area contributed by atoms with E-state index in [4.69, 9.17) is 15.4 Å². The van der Waals surface area contributed by atoms with Crippen LogP contribution in [0.15, 0.2) is 35.9 Å². The van der Waals surface area contributed by atoms with Gasteiger partial charge >= 0.3 is 5.97 Å². The molecular weight excluding hydrogens is 192 g/mol. The fraction of sp³-hybridized carbons (Fsp3) is 0.0909. The number of hydrogen-bond donors (Lipinski definition) is 0. The molecule has 4 heteroatoms. The summed E-state index contributed by atoms with van der Waals surface area (Å²) in [5, 5.41) is 16.8. The molecular formula is C11H7N2O2-. The lowest BCUT2D eigenvalue weighted by molar-refractivity contribution is -0.139. The van der Waals surface area contributed by atoms with Crippen LogP contribution >= 0.6 is 0 Å². The monoisotopic (exact) mass is 199 g/mol. The summed E-state index contributed by atoms with van der Waals surface area (Å²) in [6.45, 7) is 0.0620. The van der Waals surface area contributed by atoms with Crippen molar-refractivity contribution in [2.75, 3.05) is 0 Å². The molecule has 0 spiro atoms. The second kappa shape index (κ2) is 5.38. The lowest BCUT2D eigenvalue weighted by atomic mass is 10.2. The Bertz CT molecular complexity index is 439. The Morgan fingerprint density at radius 3 is 2.60 bits per heavy atom. The molecule has 0 aliphatic heterocycles. The Hall–Kier alpha value is -2.37. The summed E-state index contributed by atoms with van der Waals surface area (Å²) in [4.78, 5) is 11.1. The fourth-order valence-electron chi connectivity index (χ4n) is 0.912. The van der Waals surface area contributed by atoms with Crippen LogP contribution in [0.4, 0.5) is 0 Å². The van der Waals surface area contributed by atoms with Gasteiger partial charge in [0, 0.05) is 0 Å². The Morgan fingerprint density at radius 2 is 2.07 bits per heavy atom. The Balaban J connectivity index is 2.56. The highest BCUT2D eigenvalue weighted by Gasteiger charge is 2.07. The molecule has 74 valence electrons. The zero-order chi connectivity index (χ0) is 11.1. The van der Waals surface area contributed by atoms with Crippen LogP contribution in [0.5, 0.6) is 0 Å². The number of carbonyl (C=O) groups is 1. The van der Waals surface area contributed by atoms with E-state index in [9.17, 15) is 4.79 Å². The van der Waals surface area contributed by atoms with Gasteiger partial charge in [-0.25, -0.2) is 10.7 Å². The number of nitrogens with zero attached hydrogens (tertiary/aromatic N) is 2. The van der Waals surface area contributed by atoms with E-state index in [1.54, 1.807) is 12.1 Å². The molecule has 0 N–H and O–H groups in total. The first-order valence-corrected chi connectivity index (χ1v) is 4.16. The van der Waals surface area contributed by atoms with Crippen LogP contribution in [0.25, 0.3) is 5.41 Å². The quantitative estimate of drug-likeness (QED) is 0.320. The first-order valence-electron chi connectivity index (χ1n) is 4.16. The van der Waals surface area contributed by atoms with E-state index in [0.717, 1.165) is 5.56 Å². The summed E-state index contributed by atoms with van der Waals surface area (Å²) in [5.74, 6) is 0.583. The van der Waals surface area contributed by atoms with Gasteiger partial charge < -0.3 is 10.1 Å². The highest BCUT2D eigenvalue weighted by molar-refractivity contribution is 6.02. The zero-order valence-electron chi connectivity index (χ0n) is 7.80. The number of carbonyl (C=O) groups excluding carboxylic acids is 1. The molecule has 0 bridgehead atoms. The third-order valence-corrected chi connectivity index (χ3v) is 1.64. The van der Waals surface area contributed by atoms with Crippen molar-refractivity contribution in [2.24, 2.45) is 0 Å². The number of rotatable bonds is 3. The summed E-state index contributed by atoms with van der Waals surface area (Å²) >= 11 is 0. The van der Waals surface area contributed by atoms with Crippen LogP contribution in [0, 0.1) is 11.3 Å². The molecule has 0 saturated heterocycles. The molecule has 0 unspecified atom stereocenters. The van der Waals surface area contributed by atoms with Crippen molar-refractivity contribution in [3.05, 3.63) is 46.9 Å². The molecule has 0 amide bonds. The highest BCUT2D eigenvalue weighted by atomic mass is 16.5. The molecule has 0 heterocycles. The molecule has 0 fully saturated rings. The minimum atomic E-state index is -0.885. The van der Waals surface area contributed by atoms with E-state index in [-0.39, 0.29) is 6.61 Å². The van der Waals surface area contributed by atoms with Crippen LogP contribution in [0.3, 0.4) is 0 Å². The predicted molar refractivity (Wildman–Crippen MR) is 53.7 cm³/mol. The average molecular weight is 199 g/mol.